The molecule has 0 saturated heterocycles. The number of aromatic nitrogens is 5. The summed E-state index contributed by atoms with van der Waals surface area (Å²) >= 11 is 1.30. The third-order valence-corrected chi connectivity index (χ3v) is 3.84. The van der Waals surface area contributed by atoms with Gasteiger partial charge in [0.05, 0.1) is 0 Å². The second-order valence-electron chi connectivity index (χ2n) is 4.52. The van der Waals surface area contributed by atoms with Crippen LogP contribution in [0, 0.1) is 6.92 Å². The van der Waals surface area contributed by atoms with Crippen molar-refractivity contribution in [3.05, 3.63) is 21.9 Å². The highest BCUT2D eigenvalue weighted by Gasteiger charge is 2.15. The number of anilines is 1. The first kappa shape index (κ1) is 13.6. The standard InChI is InChI=1S/C11H16N6OS/c1-5(2)8-13-7(12)6(3)9(14-8)19-11-16-15-10(18)17(11)4/h5H,1-4H3,(H,15,18)(H2,12,13,14). The predicted octanol–water partition coefficient (Wildman–Crippen LogP) is 1.06. The molecule has 0 atom stereocenters. The van der Waals surface area contributed by atoms with Gasteiger partial charge in [0.25, 0.3) is 0 Å². The molecule has 0 fully saturated rings. The van der Waals surface area contributed by atoms with Crippen LogP contribution >= 0.6 is 11.8 Å². The average molecular weight is 280 g/mol. The third-order valence-electron chi connectivity index (χ3n) is 2.70. The highest BCUT2D eigenvalue weighted by Crippen LogP contribution is 2.29. The Kier molecular flexibility index (Phi) is 3.61. The zero-order valence-corrected chi connectivity index (χ0v) is 12.1. The van der Waals surface area contributed by atoms with E-state index in [2.05, 4.69) is 20.2 Å². The number of nitrogens with two attached hydrogens (primary N) is 1. The Morgan fingerprint density at radius 1 is 1.37 bits per heavy atom. The van der Waals surface area contributed by atoms with E-state index in [-0.39, 0.29) is 11.6 Å². The zero-order valence-electron chi connectivity index (χ0n) is 11.3. The van der Waals surface area contributed by atoms with Crippen molar-refractivity contribution in [3.8, 4) is 0 Å². The van der Waals surface area contributed by atoms with E-state index in [4.69, 9.17) is 5.73 Å². The predicted molar refractivity (Wildman–Crippen MR) is 73.2 cm³/mol. The minimum atomic E-state index is -0.258. The monoisotopic (exact) mass is 280 g/mol. The first-order chi connectivity index (χ1) is 8.90. The number of rotatable bonds is 3. The van der Waals surface area contributed by atoms with Crippen LogP contribution in [0.15, 0.2) is 15.0 Å². The van der Waals surface area contributed by atoms with Crippen molar-refractivity contribution >= 4 is 17.6 Å². The minimum absolute atomic E-state index is 0.185. The summed E-state index contributed by atoms with van der Waals surface area (Å²) in [4.78, 5) is 20.1. The van der Waals surface area contributed by atoms with Gasteiger partial charge < -0.3 is 5.73 Å². The summed E-state index contributed by atoms with van der Waals surface area (Å²) in [7, 11) is 1.65. The number of nitrogen functional groups attached to an aromatic ring is 1. The molecule has 2 heterocycles. The Balaban J connectivity index is 2.44. The first-order valence-electron chi connectivity index (χ1n) is 5.83. The Labute approximate surface area is 114 Å². The molecule has 0 aliphatic rings. The van der Waals surface area contributed by atoms with Gasteiger partial charge in [0.2, 0.25) is 0 Å². The van der Waals surface area contributed by atoms with Crippen LogP contribution in [0.5, 0.6) is 0 Å². The van der Waals surface area contributed by atoms with Gasteiger partial charge in [-0.15, -0.1) is 5.10 Å². The maximum atomic E-state index is 11.3. The Hall–Kier alpha value is -1.83. The fraction of sp³-hybridized carbons (Fsp3) is 0.455. The summed E-state index contributed by atoms with van der Waals surface area (Å²) in [5.74, 6) is 1.33. The Morgan fingerprint density at radius 2 is 2.05 bits per heavy atom. The highest BCUT2D eigenvalue weighted by atomic mass is 32.2. The molecule has 0 aliphatic carbocycles. The van der Waals surface area contributed by atoms with E-state index in [0.29, 0.717) is 16.8 Å². The lowest BCUT2D eigenvalue weighted by molar-refractivity contribution is 0.743. The van der Waals surface area contributed by atoms with E-state index >= 15 is 0 Å². The molecule has 2 aromatic rings. The smallest absolute Gasteiger partial charge is 0.343 e. The molecule has 8 heteroatoms. The molecule has 0 saturated carbocycles. The molecule has 19 heavy (non-hydrogen) atoms. The maximum absolute atomic E-state index is 11.3. The van der Waals surface area contributed by atoms with E-state index in [1.54, 1.807) is 7.05 Å². The topological polar surface area (TPSA) is 102 Å². The Bertz CT molecular complexity index is 660. The number of nitrogens with zero attached hydrogens (tertiary/aromatic N) is 4. The van der Waals surface area contributed by atoms with Crippen molar-refractivity contribution in [2.75, 3.05) is 5.73 Å². The van der Waals surface area contributed by atoms with E-state index in [9.17, 15) is 4.79 Å². The molecule has 0 unspecified atom stereocenters. The number of nitrogens with one attached hydrogen (secondary N) is 1. The van der Waals surface area contributed by atoms with Gasteiger partial charge in [-0.2, -0.15) is 0 Å². The van der Waals surface area contributed by atoms with Crippen molar-refractivity contribution in [2.24, 2.45) is 7.05 Å². The molecule has 0 aliphatic heterocycles. The number of hydrogen-bond donors (Lipinski definition) is 2. The van der Waals surface area contributed by atoms with Crippen LogP contribution in [0.2, 0.25) is 0 Å². The summed E-state index contributed by atoms with van der Waals surface area (Å²) in [6.45, 7) is 5.86. The quantitative estimate of drug-likeness (QED) is 0.815. The van der Waals surface area contributed by atoms with Crippen LogP contribution in [-0.2, 0) is 7.05 Å². The van der Waals surface area contributed by atoms with Gasteiger partial charge in [-0.05, 0) is 18.7 Å². The van der Waals surface area contributed by atoms with Gasteiger partial charge >= 0.3 is 5.69 Å². The molecular formula is C11H16N6OS. The van der Waals surface area contributed by atoms with Gasteiger partial charge in [0.15, 0.2) is 5.16 Å². The van der Waals surface area contributed by atoms with Crippen LogP contribution in [0.3, 0.4) is 0 Å². The van der Waals surface area contributed by atoms with E-state index < -0.39 is 0 Å². The molecule has 3 N–H and O–H groups in total. The average Bonchev–Trinajstić information content (AvgIpc) is 2.66. The largest absolute Gasteiger partial charge is 0.383 e. The van der Waals surface area contributed by atoms with Gasteiger partial charge in [0, 0.05) is 18.5 Å². The normalized spacial score (nSPS) is 11.2. The van der Waals surface area contributed by atoms with E-state index in [1.165, 1.54) is 16.3 Å². The molecule has 102 valence electrons. The lowest BCUT2D eigenvalue weighted by atomic mass is 10.2. The molecule has 2 rings (SSSR count). The molecule has 0 amide bonds. The SMILES string of the molecule is Cc1c(N)nc(C(C)C)nc1Sc1n[nH]c(=O)n1C. The number of hydrogen-bond acceptors (Lipinski definition) is 6. The molecule has 7 nitrogen and oxygen atoms in total. The first-order valence-corrected chi connectivity index (χ1v) is 6.65. The lowest BCUT2D eigenvalue weighted by Crippen LogP contribution is -2.13. The van der Waals surface area contributed by atoms with Crippen LogP contribution in [-0.4, -0.2) is 24.7 Å². The van der Waals surface area contributed by atoms with E-state index in [0.717, 1.165) is 10.6 Å². The molecule has 0 bridgehead atoms. The number of H-pyrrole nitrogens is 1. The fourth-order valence-corrected chi connectivity index (χ4v) is 2.28. The van der Waals surface area contributed by atoms with Crippen LogP contribution in [0.25, 0.3) is 0 Å². The summed E-state index contributed by atoms with van der Waals surface area (Å²) < 4.78 is 1.43. The van der Waals surface area contributed by atoms with Crippen LogP contribution < -0.4 is 11.4 Å². The lowest BCUT2D eigenvalue weighted by Gasteiger charge is -2.10. The van der Waals surface area contributed by atoms with Crippen molar-refractivity contribution in [1.82, 2.24) is 24.7 Å². The van der Waals surface area contributed by atoms with E-state index in [1.807, 2.05) is 20.8 Å². The summed E-state index contributed by atoms with van der Waals surface area (Å²) in [5.41, 5.74) is 6.43. The summed E-state index contributed by atoms with van der Waals surface area (Å²) in [5, 5.41) is 7.60. The van der Waals surface area contributed by atoms with Crippen LogP contribution in [0.1, 0.15) is 31.2 Å². The minimum Gasteiger partial charge on any atom is -0.383 e. The number of aromatic amines is 1. The van der Waals surface area contributed by atoms with Crippen molar-refractivity contribution in [2.45, 2.75) is 36.9 Å². The van der Waals surface area contributed by atoms with Crippen molar-refractivity contribution in [1.29, 1.82) is 0 Å². The highest BCUT2D eigenvalue weighted by molar-refractivity contribution is 7.99. The second-order valence-corrected chi connectivity index (χ2v) is 5.48. The third kappa shape index (κ3) is 2.62. The van der Waals surface area contributed by atoms with Crippen LogP contribution in [0.4, 0.5) is 5.82 Å². The van der Waals surface area contributed by atoms with Gasteiger partial charge in [-0.3, -0.25) is 4.57 Å². The Morgan fingerprint density at radius 3 is 2.58 bits per heavy atom. The molecular weight excluding hydrogens is 264 g/mol. The molecule has 0 aromatic carbocycles. The van der Waals surface area contributed by atoms with Gasteiger partial charge in [-0.1, -0.05) is 13.8 Å². The van der Waals surface area contributed by atoms with Crippen molar-refractivity contribution < 1.29 is 0 Å². The summed E-state index contributed by atoms with van der Waals surface area (Å²) in [6, 6.07) is 0. The maximum Gasteiger partial charge on any atom is 0.343 e. The fourth-order valence-electron chi connectivity index (χ4n) is 1.40. The summed E-state index contributed by atoms with van der Waals surface area (Å²) in [6.07, 6.45) is 0. The van der Waals surface area contributed by atoms with Gasteiger partial charge in [-0.25, -0.2) is 19.9 Å². The second kappa shape index (κ2) is 5.04. The molecule has 2 aromatic heterocycles. The van der Waals surface area contributed by atoms with Gasteiger partial charge in [0.1, 0.15) is 16.7 Å². The zero-order chi connectivity index (χ0) is 14.2. The molecule has 0 radical (unpaired) electrons. The van der Waals surface area contributed by atoms with Crippen molar-refractivity contribution in [3.63, 3.8) is 0 Å². The molecule has 0 spiro atoms.